The van der Waals surface area contributed by atoms with Gasteiger partial charge in [0.1, 0.15) is 0 Å². The first-order chi connectivity index (χ1) is 14.1. The second-order valence-corrected chi connectivity index (χ2v) is 7.10. The molecule has 10 heteroatoms. The molecule has 0 bridgehead atoms. The number of benzene rings is 2. The van der Waals surface area contributed by atoms with Crippen LogP contribution in [0.15, 0.2) is 54.6 Å². The van der Waals surface area contributed by atoms with Crippen LogP contribution in [0.2, 0.25) is 5.02 Å². The molecule has 1 heterocycles. The lowest BCUT2D eigenvalue weighted by Gasteiger charge is -2.30. The molecule has 0 aliphatic carbocycles. The predicted octanol–water partition coefficient (Wildman–Crippen LogP) is 3.40. The molecule has 1 fully saturated rings. The number of carbonyl (C=O) groups excluding carboxylic acids is 3. The van der Waals surface area contributed by atoms with Gasteiger partial charge in [-0.2, -0.15) is 13.2 Å². The lowest BCUT2D eigenvalue weighted by Crippen LogP contribution is -2.69. The Balaban J connectivity index is 1.79. The summed E-state index contributed by atoms with van der Waals surface area (Å²) in [5.41, 5.74) is -2.49. The number of carbonyl (C=O) groups is 3. The van der Waals surface area contributed by atoms with Crippen LogP contribution in [0.3, 0.4) is 0 Å². The van der Waals surface area contributed by atoms with E-state index in [2.05, 4.69) is 0 Å². The van der Waals surface area contributed by atoms with E-state index in [0.717, 1.165) is 5.56 Å². The van der Waals surface area contributed by atoms with Crippen LogP contribution in [0.1, 0.15) is 17.5 Å². The Kier molecular flexibility index (Phi) is 6.02. The Labute approximate surface area is 175 Å². The highest BCUT2D eigenvalue weighted by Gasteiger charge is 2.68. The van der Waals surface area contributed by atoms with E-state index in [4.69, 9.17) is 11.6 Å². The average molecular weight is 440 g/mol. The lowest BCUT2D eigenvalue weighted by atomic mass is 10.1. The summed E-state index contributed by atoms with van der Waals surface area (Å²) in [6, 6.07) is 13.5. The summed E-state index contributed by atoms with van der Waals surface area (Å²) in [6.45, 7) is -0.470. The van der Waals surface area contributed by atoms with E-state index in [1.165, 1.54) is 12.1 Å². The Morgan fingerprint density at radius 1 is 1.07 bits per heavy atom. The maximum absolute atomic E-state index is 13.9. The van der Waals surface area contributed by atoms with Crippen molar-refractivity contribution >= 4 is 29.4 Å². The fourth-order valence-electron chi connectivity index (χ4n) is 3.04. The van der Waals surface area contributed by atoms with Gasteiger partial charge >= 0.3 is 12.2 Å². The number of hydrogen-bond donors (Lipinski definition) is 2. The first kappa shape index (κ1) is 21.6. The van der Waals surface area contributed by atoms with Crippen LogP contribution in [0.4, 0.5) is 18.0 Å². The van der Waals surface area contributed by atoms with Gasteiger partial charge in [-0.05, 0) is 23.6 Å². The van der Waals surface area contributed by atoms with Crippen LogP contribution in [0, 0.1) is 0 Å². The maximum atomic E-state index is 13.9. The van der Waals surface area contributed by atoms with Gasteiger partial charge in [-0.25, -0.2) is 4.79 Å². The van der Waals surface area contributed by atoms with Gasteiger partial charge in [-0.15, -0.1) is 0 Å². The van der Waals surface area contributed by atoms with Crippen molar-refractivity contribution in [2.24, 2.45) is 0 Å². The number of amides is 4. The molecular formula is C20H17ClF3N3O3. The molecule has 158 valence electrons. The van der Waals surface area contributed by atoms with Gasteiger partial charge in [-0.3, -0.25) is 19.8 Å². The smallest absolute Gasteiger partial charge is 0.318 e. The second kappa shape index (κ2) is 8.35. The molecule has 0 unspecified atom stereocenters. The summed E-state index contributed by atoms with van der Waals surface area (Å²) in [6.07, 6.45) is -5.38. The van der Waals surface area contributed by atoms with Crippen molar-refractivity contribution < 1.29 is 27.6 Å². The molecule has 3 rings (SSSR count). The quantitative estimate of drug-likeness (QED) is 0.677. The molecule has 0 saturated carbocycles. The molecule has 2 aromatic rings. The highest BCUT2D eigenvalue weighted by Crippen LogP contribution is 2.35. The minimum absolute atomic E-state index is 0.173. The first-order valence-corrected chi connectivity index (χ1v) is 9.31. The fourth-order valence-corrected chi connectivity index (χ4v) is 3.23. The number of nitrogens with zero attached hydrogens (tertiary/aromatic N) is 1. The zero-order valence-electron chi connectivity index (χ0n) is 15.5. The summed E-state index contributed by atoms with van der Waals surface area (Å²) in [7, 11) is 0. The Hall–Kier alpha value is -3.07. The average Bonchev–Trinajstić information content (AvgIpc) is 2.94. The SMILES string of the molecule is O=C(CCc1ccccc1)N[C@]1(C(F)(F)F)NC(=O)N(Cc2ccccc2Cl)C1=O. The number of imide groups is 1. The Morgan fingerprint density at radius 2 is 1.70 bits per heavy atom. The van der Waals surface area contributed by atoms with Crippen molar-refractivity contribution in [1.29, 1.82) is 0 Å². The molecule has 6 nitrogen and oxygen atoms in total. The summed E-state index contributed by atoms with van der Waals surface area (Å²) >= 11 is 5.98. The largest absolute Gasteiger partial charge is 0.440 e. The fraction of sp³-hybridized carbons (Fsp3) is 0.250. The van der Waals surface area contributed by atoms with E-state index in [1.807, 2.05) is 0 Å². The van der Waals surface area contributed by atoms with Gasteiger partial charge in [0, 0.05) is 11.4 Å². The van der Waals surface area contributed by atoms with Crippen molar-refractivity contribution in [2.45, 2.75) is 31.2 Å². The standard InChI is InChI=1S/C20H17ClF3N3O3/c21-15-9-5-4-8-14(15)12-27-17(29)19(20(22,23)24,26-18(27)30)25-16(28)11-10-13-6-2-1-3-7-13/h1-9H,10-12H2,(H,25,28)(H,26,30)/t19-/m0/s1. The number of halogens is 4. The molecule has 0 spiro atoms. The number of urea groups is 1. The van der Waals surface area contributed by atoms with E-state index in [9.17, 15) is 27.6 Å². The molecule has 1 saturated heterocycles. The molecule has 2 N–H and O–H groups in total. The van der Waals surface area contributed by atoms with Gasteiger partial charge in [0.25, 0.3) is 11.6 Å². The zero-order chi connectivity index (χ0) is 21.9. The molecule has 0 aromatic heterocycles. The minimum Gasteiger partial charge on any atom is -0.318 e. The number of rotatable bonds is 6. The molecule has 2 aromatic carbocycles. The Morgan fingerprint density at radius 3 is 2.33 bits per heavy atom. The van der Waals surface area contributed by atoms with Crippen molar-refractivity contribution in [2.75, 3.05) is 0 Å². The van der Waals surface area contributed by atoms with Gasteiger partial charge in [0.2, 0.25) is 5.91 Å². The topological polar surface area (TPSA) is 78.5 Å². The van der Waals surface area contributed by atoms with Crippen LogP contribution < -0.4 is 10.6 Å². The zero-order valence-corrected chi connectivity index (χ0v) is 16.3. The third kappa shape index (κ3) is 4.25. The van der Waals surface area contributed by atoms with Crippen LogP contribution in [0.25, 0.3) is 0 Å². The monoisotopic (exact) mass is 439 g/mol. The number of alkyl halides is 3. The van der Waals surface area contributed by atoms with E-state index in [1.54, 1.807) is 53.1 Å². The van der Waals surface area contributed by atoms with Crippen molar-refractivity contribution in [3.8, 4) is 0 Å². The summed E-state index contributed by atoms with van der Waals surface area (Å²) in [4.78, 5) is 37.5. The molecule has 1 aliphatic heterocycles. The third-order valence-corrected chi connectivity index (χ3v) is 5.00. The highest BCUT2D eigenvalue weighted by molar-refractivity contribution is 6.31. The number of hydrogen-bond acceptors (Lipinski definition) is 3. The van der Waals surface area contributed by atoms with Crippen LogP contribution in [-0.4, -0.2) is 34.6 Å². The molecular weight excluding hydrogens is 423 g/mol. The number of aryl methyl sites for hydroxylation is 1. The normalized spacial score (nSPS) is 19.0. The molecule has 4 amide bonds. The maximum Gasteiger partial charge on any atom is 0.440 e. The predicted molar refractivity (Wildman–Crippen MR) is 102 cm³/mol. The van der Waals surface area contributed by atoms with Crippen molar-refractivity contribution in [3.05, 3.63) is 70.7 Å². The highest BCUT2D eigenvalue weighted by atomic mass is 35.5. The van der Waals surface area contributed by atoms with Crippen LogP contribution in [-0.2, 0) is 22.6 Å². The van der Waals surface area contributed by atoms with Crippen LogP contribution in [0.5, 0.6) is 0 Å². The Bertz CT molecular complexity index is 969. The molecule has 30 heavy (non-hydrogen) atoms. The summed E-state index contributed by atoms with van der Waals surface area (Å²) < 4.78 is 41.6. The summed E-state index contributed by atoms with van der Waals surface area (Å²) in [5.74, 6) is -2.64. The van der Waals surface area contributed by atoms with Gasteiger partial charge in [0.05, 0.1) is 6.54 Å². The van der Waals surface area contributed by atoms with E-state index in [0.29, 0.717) is 4.90 Å². The van der Waals surface area contributed by atoms with E-state index in [-0.39, 0.29) is 23.4 Å². The van der Waals surface area contributed by atoms with Crippen LogP contribution >= 0.6 is 11.6 Å². The molecule has 1 atom stereocenters. The summed E-state index contributed by atoms with van der Waals surface area (Å²) in [5, 5.41) is 3.50. The first-order valence-electron chi connectivity index (χ1n) is 8.93. The second-order valence-electron chi connectivity index (χ2n) is 6.69. The molecule has 0 radical (unpaired) electrons. The molecule has 1 aliphatic rings. The van der Waals surface area contributed by atoms with E-state index >= 15 is 0 Å². The van der Waals surface area contributed by atoms with Gasteiger partial charge in [0.15, 0.2) is 0 Å². The minimum atomic E-state index is -5.25. The van der Waals surface area contributed by atoms with Gasteiger partial charge in [-0.1, -0.05) is 60.1 Å². The van der Waals surface area contributed by atoms with Crippen molar-refractivity contribution in [3.63, 3.8) is 0 Å². The van der Waals surface area contributed by atoms with E-state index < -0.39 is 36.2 Å². The van der Waals surface area contributed by atoms with Crippen molar-refractivity contribution in [1.82, 2.24) is 15.5 Å². The number of nitrogens with one attached hydrogen (secondary N) is 2. The van der Waals surface area contributed by atoms with Gasteiger partial charge < -0.3 is 5.32 Å². The lowest BCUT2D eigenvalue weighted by molar-refractivity contribution is -0.204. The third-order valence-electron chi connectivity index (χ3n) is 4.63.